The Morgan fingerprint density at radius 1 is 1.53 bits per heavy atom. The van der Waals surface area contributed by atoms with Crippen molar-refractivity contribution in [2.75, 3.05) is 6.61 Å². The lowest BCUT2D eigenvalue weighted by molar-refractivity contribution is -0.132. The molecule has 0 fully saturated rings. The van der Waals surface area contributed by atoms with Crippen LogP contribution in [0.2, 0.25) is 0 Å². The summed E-state index contributed by atoms with van der Waals surface area (Å²) >= 11 is 0. The molecular formula is C13H14O4. The summed E-state index contributed by atoms with van der Waals surface area (Å²) in [6.45, 7) is 3.03. The Labute approximate surface area is 100 Å². The SMILES string of the molecule is C#CCOc1cc(CO)cc(C)c1OC(C)=O. The van der Waals surface area contributed by atoms with Gasteiger partial charge in [0.05, 0.1) is 6.61 Å². The lowest BCUT2D eigenvalue weighted by atomic mass is 10.1. The summed E-state index contributed by atoms with van der Waals surface area (Å²) < 4.78 is 10.3. The molecule has 0 amide bonds. The molecular weight excluding hydrogens is 220 g/mol. The van der Waals surface area contributed by atoms with E-state index in [0.29, 0.717) is 22.6 Å². The van der Waals surface area contributed by atoms with Gasteiger partial charge in [0.25, 0.3) is 0 Å². The summed E-state index contributed by atoms with van der Waals surface area (Å²) in [7, 11) is 0. The van der Waals surface area contributed by atoms with Crippen molar-refractivity contribution in [1.29, 1.82) is 0 Å². The fourth-order valence-electron chi connectivity index (χ4n) is 1.41. The van der Waals surface area contributed by atoms with Crippen molar-refractivity contribution in [1.82, 2.24) is 0 Å². The lowest BCUT2D eigenvalue weighted by Gasteiger charge is -2.13. The molecule has 0 bridgehead atoms. The van der Waals surface area contributed by atoms with E-state index in [-0.39, 0.29) is 13.2 Å². The Kier molecular flexibility index (Phi) is 4.56. The number of aryl methyl sites for hydroxylation is 1. The minimum atomic E-state index is -0.435. The number of aliphatic hydroxyl groups is 1. The second-order valence-electron chi connectivity index (χ2n) is 3.48. The van der Waals surface area contributed by atoms with Gasteiger partial charge in [0.15, 0.2) is 11.5 Å². The molecule has 90 valence electrons. The molecule has 1 aromatic rings. The number of carbonyl (C=O) groups excluding carboxylic acids is 1. The normalized spacial score (nSPS) is 9.53. The molecule has 0 atom stereocenters. The van der Waals surface area contributed by atoms with Crippen LogP contribution in [0.5, 0.6) is 11.5 Å². The molecule has 4 nitrogen and oxygen atoms in total. The molecule has 0 aliphatic carbocycles. The molecule has 0 heterocycles. The van der Waals surface area contributed by atoms with E-state index < -0.39 is 5.97 Å². The van der Waals surface area contributed by atoms with Gasteiger partial charge in [-0.15, -0.1) is 6.42 Å². The van der Waals surface area contributed by atoms with Crippen LogP contribution >= 0.6 is 0 Å². The molecule has 17 heavy (non-hydrogen) atoms. The smallest absolute Gasteiger partial charge is 0.308 e. The van der Waals surface area contributed by atoms with Crippen molar-refractivity contribution in [3.63, 3.8) is 0 Å². The average molecular weight is 234 g/mol. The first kappa shape index (κ1) is 13.1. The largest absolute Gasteiger partial charge is 0.477 e. The predicted octanol–water partition coefficient (Wildman–Crippen LogP) is 1.42. The van der Waals surface area contributed by atoms with Gasteiger partial charge in [-0.25, -0.2) is 0 Å². The highest BCUT2D eigenvalue weighted by molar-refractivity contribution is 5.71. The molecule has 0 radical (unpaired) electrons. The van der Waals surface area contributed by atoms with Crippen molar-refractivity contribution in [3.8, 4) is 23.8 Å². The first-order chi connectivity index (χ1) is 8.08. The van der Waals surface area contributed by atoms with E-state index >= 15 is 0 Å². The van der Waals surface area contributed by atoms with Crippen molar-refractivity contribution in [2.24, 2.45) is 0 Å². The number of ether oxygens (including phenoxy) is 2. The first-order valence-electron chi connectivity index (χ1n) is 5.07. The van der Waals surface area contributed by atoms with E-state index in [1.54, 1.807) is 19.1 Å². The molecule has 1 N–H and O–H groups in total. The zero-order valence-electron chi connectivity index (χ0n) is 9.82. The first-order valence-corrected chi connectivity index (χ1v) is 5.07. The van der Waals surface area contributed by atoms with Crippen LogP contribution in [0, 0.1) is 19.3 Å². The van der Waals surface area contributed by atoms with Crippen molar-refractivity contribution in [3.05, 3.63) is 23.3 Å². The van der Waals surface area contributed by atoms with Gasteiger partial charge in [-0.05, 0) is 30.2 Å². The van der Waals surface area contributed by atoms with Crippen molar-refractivity contribution < 1.29 is 19.4 Å². The highest BCUT2D eigenvalue weighted by atomic mass is 16.6. The van der Waals surface area contributed by atoms with Gasteiger partial charge in [-0.3, -0.25) is 4.79 Å². The van der Waals surface area contributed by atoms with Gasteiger partial charge in [0, 0.05) is 6.92 Å². The molecule has 0 saturated heterocycles. The molecule has 1 aromatic carbocycles. The van der Waals surface area contributed by atoms with Gasteiger partial charge in [0.1, 0.15) is 6.61 Å². The second kappa shape index (κ2) is 5.92. The fraction of sp³-hybridized carbons (Fsp3) is 0.308. The molecule has 0 saturated carbocycles. The van der Waals surface area contributed by atoms with E-state index in [0.717, 1.165) is 0 Å². The summed E-state index contributed by atoms with van der Waals surface area (Å²) in [5.74, 6) is 2.59. The molecule has 0 aliphatic rings. The Bertz CT molecular complexity index is 457. The van der Waals surface area contributed by atoms with E-state index in [2.05, 4.69) is 5.92 Å². The van der Waals surface area contributed by atoms with Crippen molar-refractivity contribution >= 4 is 5.97 Å². The molecule has 0 aromatic heterocycles. The van der Waals surface area contributed by atoms with Crippen LogP contribution in [-0.4, -0.2) is 17.7 Å². The van der Waals surface area contributed by atoms with Crippen LogP contribution in [0.4, 0.5) is 0 Å². The molecule has 0 unspecified atom stereocenters. The van der Waals surface area contributed by atoms with Crippen LogP contribution in [0.15, 0.2) is 12.1 Å². The monoisotopic (exact) mass is 234 g/mol. The van der Waals surface area contributed by atoms with E-state index in [1.807, 2.05) is 0 Å². The summed E-state index contributed by atoms with van der Waals surface area (Å²) in [5, 5.41) is 9.08. The highest BCUT2D eigenvalue weighted by Crippen LogP contribution is 2.32. The van der Waals surface area contributed by atoms with Crippen LogP contribution in [0.25, 0.3) is 0 Å². The standard InChI is InChI=1S/C13H14O4/c1-4-5-16-12-7-11(8-14)6-9(2)13(12)17-10(3)15/h1,6-7,14H,5,8H2,2-3H3. The van der Waals surface area contributed by atoms with Gasteiger partial charge in [0.2, 0.25) is 0 Å². The minimum absolute atomic E-state index is 0.0720. The zero-order chi connectivity index (χ0) is 12.8. The average Bonchev–Trinajstić information content (AvgIpc) is 2.29. The number of hydrogen-bond acceptors (Lipinski definition) is 4. The van der Waals surface area contributed by atoms with E-state index in [1.165, 1.54) is 6.92 Å². The second-order valence-corrected chi connectivity index (χ2v) is 3.48. The van der Waals surface area contributed by atoms with Crippen molar-refractivity contribution in [2.45, 2.75) is 20.5 Å². The third-order valence-corrected chi connectivity index (χ3v) is 2.04. The fourth-order valence-corrected chi connectivity index (χ4v) is 1.41. The number of terminal acetylenes is 1. The summed E-state index contributed by atoms with van der Waals surface area (Å²) in [4.78, 5) is 11.0. The summed E-state index contributed by atoms with van der Waals surface area (Å²) in [6, 6.07) is 3.32. The third kappa shape index (κ3) is 3.51. The molecule has 0 spiro atoms. The van der Waals surface area contributed by atoms with E-state index in [4.69, 9.17) is 21.0 Å². The molecule has 4 heteroatoms. The summed E-state index contributed by atoms with van der Waals surface area (Å²) in [6.07, 6.45) is 5.10. The quantitative estimate of drug-likeness (QED) is 0.486. The number of esters is 1. The van der Waals surface area contributed by atoms with Gasteiger partial charge >= 0.3 is 5.97 Å². The lowest BCUT2D eigenvalue weighted by Crippen LogP contribution is -2.06. The Balaban J connectivity index is 3.14. The maximum absolute atomic E-state index is 11.0. The topological polar surface area (TPSA) is 55.8 Å². The van der Waals surface area contributed by atoms with Gasteiger partial charge in [-0.1, -0.05) is 5.92 Å². The van der Waals surface area contributed by atoms with Crippen LogP contribution in [0.1, 0.15) is 18.1 Å². The third-order valence-electron chi connectivity index (χ3n) is 2.04. The highest BCUT2D eigenvalue weighted by Gasteiger charge is 2.12. The number of carbonyl (C=O) groups is 1. The Morgan fingerprint density at radius 3 is 2.76 bits per heavy atom. The van der Waals surface area contributed by atoms with Gasteiger partial charge in [-0.2, -0.15) is 0 Å². The molecule has 0 aliphatic heterocycles. The Morgan fingerprint density at radius 2 is 2.24 bits per heavy atom. The Hall–Kier alpha value is -1.99. The van der Waals surface area contributed by atoms with Crippen LogP contribution in [-0.2, 0) is 11.4 Å². The minimum Gasteiger partial charge on any atom is -0.477 e. The zero-order valence-corrected chi connectivity index (χ0v) is 9.82. The van der Waals surface area contributed by atoms with Crippen LogP contribution < -0.4 is 9.47 Å². The molecule has 1 rings (SSSR count). The summed E-state index contributed by atoms with van der Waals surface area (Å²) in [5.41, 5.74) is 1.38. The maximum atomic E-state index is 11.0. The predicted molar refractivity (Wildman–Crippen MR) is 62.7 cm³/mol. The number of benzene rings is 1. The van der Waals surface area contributed by atoms with Gasteiger partial charge < -0.3 is 14.6 Å². The number of aliphatic hydroxyl groups excluding tert-OH is 1. The maximum Gasteiger partial charge on any atom is 0.308 e. The number of hydrogen-bond donors (Lipinski definition) is 1. The van der Waals surface area contributed by atoms with Crippen LogP contribution in [0.3, 0.4) is 0 Å². The number of rotatable bonds is 4. The van der Waals surface area contributed by atoms with E-state index in [9.17, 15) is 4.79 Å².